The molecule has 10 N–H and O–H groups in total. The number of hydrogen-bond acceptors (Lipinski definition) is 7. The van der Waals surface area contributed by atoms with E-state index in [0.29, 0.717) is 44.0 Å². The number of primary amides is 2. The number of halogens is 1. The largest absolute Gasteiger partial charge is 0.398 e. The van der Waals surface area contributed by atoms with Crippen LogP contribution in [-0.2, 0) is 6.42 Å². The highest BCUT2D eigenvalue weighted by Gasteiger charge is 2.24. The molecular weight excluding hydrogens is 362 g/mol. The minimum Gasteiger partial charge on any atom is -0.398 e. The van der Waals surface area contributed by atoms with Crippen LogP contribution < -0.4 is 38.9 Å². The second-order valence-electron chi connectivity index (χ2n) is 5.18. The number of rotatable bonds is 4. The van der Waals surface area contributed by atoms with Crippen LogP contribution in [0, 0.1) is 0 Å². The van der Waals surface area contributed by atoms with Gasteiger partial charge in [0.15, 0.2) is 5.82 Å². The molecule has 0 aliphatic carbocycles. The number of amides is 4. The van der Waals surface area contributed by atoms with Crippen molar-refractivity contribution in [2.45, 2.75) is 13.3 Å². The molecule has 1 aromatic carbocycles. The van der Waals surface area contributed by atoms with E-state index in [1.807, 2.05) is 0 Å². The van der Waals surface area contributed by atoms with Crippen molar-refractivity contribution in [1.29, 1.82) is 0 Å². The van der Waals surface area contributed by atoms with Crippen LogP contribution in [0.1, 0.15) is 12.6 Å². The van der Waals surface area contributed by atoms with Crippen molar-refractivity contribution in [3.05, 3.63) is 28.9 Å². The minimum absolute atomic E-state index is 0.0715. The summed E-state index contributed by atoms with van der Waals surface area (Å²) in [4.78, 5) is 31.2. The Morgan fingerprint density at radius 3 is 2.23 bits per heavy atom. The normalized spacial score (nSPS) is 10.5. The average molecular weight is 380 g/mol. The standard InChI is InChI=1S/C14H18ClN9O2/c1-2-9-10(6-3-4-7(15)8(16)5-6)11(23(19)12(17)25)22-14(21-9)24(20)13(18)26/h3-5H,2,16,19-20H2,1H3,(H2,17,25)(H2,18,26). The van der Waals surface area contributed by atoms with Gasteiger partial charge in [0.2, 0.25) is 0 Å². The van der Waals surface area contributed by atoms with E-state index in [-0.39, 0.29) is 11.8 Å². The van der Waals surface area contributed by atoms with Crippen molar-refractivity contribution in [2.24, 2.45) is 23.2 Å². The quantitative estimate of drug-likeness (QED) is 0.220. The molecule has 0 aliphatic rings. The monoisotopic (exact) mass is 379 g/mol. The van der Waals surface area contributed by atoms with Crippen LogP contribution in [0.2, 0.25) is 5.02 Å². The van der Waals surface area contributed by atoms with E-state index in [1.54, 1.807) is 25.1 Å². The maximum Gasteiger partial charge on any atom is 0.336 e. The van der Waals surface area contributed by atoms with Gasteiger partial charge in [0.05, 0.1) is 16.4 Å². The van der Waals surface area contributed by atoms with Crippen LogP contribution in [-0.4, -0.2) is 22.0 Å². The van der Waals surface area contributed by atoms with Crippen LogP contribution in [0.4, 0.5) is 27.0 Å². The zero-order valence-electron chi connectivity index (χ0n) is 13.8. The first-order valence-electron chi connectivity index (χ1n) is 7.32. The molecule has 0 bridgehead atoms. The van der Waals surface area contributed by atoms with Crippen LogP contribution in [0.5, 0.6) is 0 Å². The number of urea groups is 2. The maximum absolute atomic E-state index is 11.6. The summed E-state index contributed by atoms with van der Waals surface area (Å²) in [5.41, 5.74) is 17.9. The number of carbonyl (C=O) groups is 2. The number of nitrogens with zero attached hydrogens (tertiary/aromatic N) is 4. The van der Waals surface area contributed by atoms with Gasteiger partial charge < -0.3 is 17.2 Å². The third-order valence-corrected chi connectivity index (χ3v) is 3.84. The number of aryl methyl sites for hydroxylation is 1. The predicted octanol–water partition coefficient (Wildman–Crippen LogP) is 0.459. The maximum atomic E-state index is 11.6. The smallest absolute Gasteiger partial charge is 0.336 e. The van der Waals surface area contributed by atoms with E-state index in [0.717, 1.165) is 0 Å². The van der Waals surface area contributed by atoms with Gasteiger partial charge in [0.1, 0.15) is 0 Å². The highest BCUT2D eigenvalue weighted by molar-refractivity contribution is 6.33. The number of benzene rings is 1. The molecule has 11 nitrogen and oxygen atoms in total. The first kappa shape index (κ1) is 19.2. The fourth-order valence-electron chi connectivity index (χ4n) is 2.22. The Kier molecular flexibility index (Phi) is 5.45. The Balaban J connectivity index is 2.81. The van der Waals surface area contributed by atoms with Gasteiger partial charge in [-0.05, 0) is 24.1 Å². The van der Waals surface area contributed by atoms with E-state index < -0.39 is 12.1 Å². The fraction of sp³-hybridized carbons (Fsp3) is 0.143. The number of carbonyl (C=O) groups excluding carboxylic acids is 2. The average Bonchev–Trinajstić information content (AvgIpc) is 2.61. The molecule has 1 heterocycles. The molecule has 2 rings (SSSR count). The van der Waals surface area contributed by atoms with E-state index in [4.69, 9.17) is 40.5 Å². The van der Waals surface area contributed by atoms with Gasteiger partial charge in [-0.3, -0.25) is 0 Å². The van der Waals surface area contributed by atoms with Crippen LogP contribution >= 0.6 is 11.6 Å². The summed E-state index contributed by atoms with van der Waals surface area (Å²) in [5.74, 6) is 11.0. The predicted molar refractivity (Wildman–Crippen MR) is 98.8 cm³/mol. The lowest BCUT2D eigenvalue weighted by atomic mass is 10.0. The van der Waals surface area contributed by atoms with Crippen LogP contribution in [0.15, 0.2) is 18.2 Å². The Bertz CT molecular complexity index is 874. The Hall–Kier alpha value is -3.15. The molecule has 0 radical (unpaired) electrons. The summed E-state index contributed by atoms with van der Waals surface area (Å²) in [6, 6.07) is 2.83. The number of aromatic nitrogens is 2. The molecule has 4 amide bonds. The number of nitrogens with two attached hydrogens (primary N) is 5. The van der Waals surface area contributed by atoms with Gasteiger partial charge >= 0.3 is 12.1 Å². The van der Waals surface area contributed by atoms with Crippen molar-refractivity contribution in [1.82, 2.24) is 9.97 Å². The lowest BCUT2D eigenvalue weighted by molar-refractivity contribution is 0.253. The van der Waals surface area contributed by atoms with E-state index in [2.05, 4.69) is 9.97 Å². The Morgan fingerprint density at radius 1 is 1.12 bits per heavy atom. The minimum atomic E-state index is -0.996. The van der Waals surface area contributed by atoms with Gasteiger partial charge in [-0.25, -0.2) is 31.3 Å². The summed E-state index contributed by atoms with van der Waals surface area (Å²) in [6.07, 6.45) is 0.388. The van der Waals surface area contributed by atoms with Gasteiger partial charge in [0.25, 0.3) is 5.95 Å². The molecule has 26 heavy (non-hydrogen) atoms. The van der Waals surface area contributed by atoms with Crippen molar-refractivity contribution >= 4 is 41.1 Å². The summed E-state index contributed by atoms with van der Waals surface area (Å²) in [6.45, 7) is 1.80. The first-order chi connectivity index (χ1) is 12.2. The van der Waals surface area contributed by atoms with Crippen molar-refractivity contribution in [3.63, 3.8) is 0 Å². The molecule has 12 heteroatoms. The number of hydrogen-bond donors (Lipinski definition) is 5. The van der Waals surface area contributed by atoms with Gasteiger partial charge in [-0.1, -0.05) is 24.6 Å². The molecule has 138 valence electrons. The zero-order chi connectivity index (χ0) is 19.6. The Labute approximate surface area is 153 Å². The van der Waals surface area contributed by atoms with Crippen LogP contribution in [0.25, 0.3) is 11.1 Å². The molecule has 1 aromatic heterocycles. The summed E-state index contributed by atoms with van der Waals surface area (Å²) in [5, 5.41) is 1.49. The zero-order valence-corrected chi connectivity index (χ0v) is 14.6. The molecule has 2 aromatic rings. The fourth-order valence-corrected chi connectivity index (χ4v) is 2.33. The van der Waals surface area contributed by atoms with E-state index >= 15 is 0 Å². The first-order valence-corrected chi connectivity index (χ1v) is 7.70. The van der Waals surface area contributed by atoms with Gasteiger partial charge in [-0.2, -0.15) is 9.99 Å². The third kappa shape index (κ3) is 3.59. The highest BCUT2D eigenvalue weighted by Crippen LogP contribution is 2.35. The third-order valence-electron chi connectivity index (χ3n) is 3.49. The van der Waals surface area contributed by atoms with Crippen molar-refractivity contribution in [3.8, 4) is 11.1 Å². The summed E-state index contributed by atoms with van der Waals surface area (Å²) in [7, 11) is 0. The Morgan fingerprint density at radius 2 is 1.73 bits per heavy atom. The lowest BCUT2D eigenvalue weighted by Crippen LogP contribution is -2.45. The SMILES string of the molecule is CCc1nc(N(N)C(N)=O)nc(N(N)C(N)=O)c1-c1ccc(Cl)c(N)c1. The summed E-state index contributed by atoms with van der Waals surface area (Å²) < 4.78 is 0. The highest BCUT2D eigenvalue weighted by atomic mass is 35.5. The molecule has 0 spiro atoms. The molecule has 0 atom stereocenters. The molecule has 0 saturated carbocycles. The molecule has 0 unspecified atom stereocenters. The van der Waals surface area contributed by atoms with E-state index in [9.17, 15) is 9.59 Å². The van der Waals surface area contributed by atoms with Gasteiger partial charge in [-0.15, -0.1) is 0 Å². The van der Waals surface area contributed by atoms with Crippen LogP contribution in [0.3, 0.4) is 0 Å². The summed E-state index contributed by atoms with van der Waals surface area (Å²) >= 11 is 5.96. The number of nitrogen functional groups attached to an aromatic ring is 1. The second kappa shape index (κ2) is 7.39. The van der Waals surface area contributed by atoms with Gasteiger partial charge in [0, 0.05) is 5.56 Å². The molecule has 0 saturated heterocycles. The molecule has 0 fully saturated rings. The van der Waals surface area contributed by atoms with Crippen molar-refractivity contribution < 1.29 is 9.59 Å². The molecule has 0 aliphatic heterocycles. The number of anilines is 3. The number of hydrazine groups is 2. The van der Waals surface area contributed by atoms with Crippen molar-refractivity contribution in [2.75, 3.05) is 15.8 Å². The molecular formula is C14H18ClN9O2. The topological polar surface area (TPSA) is 196 Å². The van der Waals surface area contributed by atoms with E-state index in [1.165, 1.54) is 0 Å². The lowest BCUT2D eigenvalue weighted by Gasteiger charge is -2.22. The second-order valence-corrected chi connectivity index (χ2v) is 5.58.